The molecular formula is C27H28F4O2. The maximum absolute atomic E-state index is 15.2. The monoisotopic (exact) mass is 460 g/mol. The van der Waals surface area contributed by atoms with Crippen molar-refractivity contribution < 1.29 is 27.0 Å². The number of hydrogen-bond donors (Lipinski definition) is 0. The van der Waals surface area contributed by atoms with Crippen molar-refractivity contribution >= 4 is 10.8 Å². The molecule has 2 nitrogen and oxygen atoms in total. The first-order chi connectivity index (χ1) is 15.9. The van der Waals surface area contributed by atoms with Gasteiger partial charge in [-0.25, -0.2) is 8.78 Å². The molecule has 0 heterocycles. The van der Waals surface area contributed by atoms with Crippen LogP contribution >= 0.6 is 0 Å². The normalized spacial score (nSPS) is 18.7. The van der Waals surface area contributed by atoms with Crippen molar-refractivity contribution in [3.63, 3.8) is 0 Å². The molecule has 1 fully saturated rings. The quantitative estimate of drug-likeness (QED) is 0.326. The Morgan fingerprint density at radius 3 is 2.39 bits per heavy atom. The van der Waals surface area contributed by atoms with Crippen LogP contribution < -0.4 is 4.74 Å². The van der Waals surface area contributed by atoms with Crippen molar-refractivity contribution in [2.45, 2.75) is 51.1 Å². The van der Waals surface area contributed by atoms with E-state index in [1.165, 1.54) is 17.7 Å². The van der Waals surface area contributed by atoms with Gasteiger partial charge >= 0.3 is 6.61 Å². The van der Waals surface area contributed by atoms with E-state index in [4.69, 9.17) is 4.74 Å². The highest BCUT2D eigenvalue weighted by Gasteiger charge is 2.22. The van der Waals surface area contributed by atoms with Gasteiger partial charge in [0.25, 0.3) is 0 Å². The molecule has 3 aromatic carbocycles. The highest BCUT2D eigenvalue weighted by molar-refractivity contribution is 5.84. The summed E-state index contributed by atoms with van der Waals surface area (Å²) in [5.74, 6) is -0.476. The first-order valence-electron chi connectivity index (χ1n) is 11.4. The van der Waals surface area contributed by atoms with E-state index in [0.29, 0.717) is 41.2 Å². The van der Waals surface area contributed by atoms with Gasteiger partial charge in [0.15, 0.2) is 11.6 Å². The molecule has 0 atom stereocenters. The smallest absolute Gasteiger partial charge is 0.387 e. The number of fused-ring (bicyclic) bond motifs is 1. The predicted octanol–water partition coefficient (Wildman–Crippen LogP) is 7.42. The minimum Gasteiger partial charge on any atom is -0.432 e. The summed E-state index contributed by atoms with van der Waals surface area (Å²) in [5.41, 5.74) is 2.39. The number of hydrogen-bond acceptors (Lipinski definition) is 2. The van der Waals surface area contributed by atoms with Gasteiger partial charge in [-0.1, -0.05) is 36.4 Å². The molecule has 0 bridgehead atoms. The molecule has 0 saturated heterocycles. The lowest BCUT2D eigenvalue weighted by Gasteiger charge is -2.28. The molecule has 176 valence electrons. The number of aryl methyl sites for hydroxylation is 2. The zero-order chi connectivity index (χ0) is 23.4. The molecule has 1 aliphatic carbocycles. The summed E-state index contributed by atoms with van der Waals surface area (Å²) in [6.07, 6.45) is 5.31. The Balaban J connectivity index is 1.44. The van der Waals surface area contributed by atoms with Crippen molar-refractivity contribution in [1.29, 1.82) is 0 Å². The van der Waals surface area contributed by atoms with Crippen LogP contribution in [0.15, 0.2) is 48.5 Å². The van der Waals surface area contributed by atoms with Crippen LogP contribution in [0.1, 0.15) is 48.3 Å². The van der Waals surface area contributed by atoms with Crippen LogP contribution in [0.2, 0.25) is 0 Å². The number of alkyl halides is 2. The van der Waals surface area contributed by atoms with Crippen LogP contribution in [0, 0.1) is 17.6 Å². The summed E-state index contributed by atoms with van der Waals surface area (Å²) in [6, 6.07) is 13.6. The molecule has 1 aliphatic rings. The lowest BCUT2D eigenvalue weighted by molar-refractivity contribution is -0.0522. The Labute approximate surface area is 191 Å². The molecule has 0 aliphatic heterocycles. The Morgan fingerprint density at radius 2 is 1.70 bits per heavy atom. The summed E-state index contributed by atoms with van der Waals surface area (Å²) in [6.45, 7) is -2.26. The molecule has 0 unspecified atom stereocenters. The number of benzene rings is 3. The van der Waals surface area contributed by atoms with Gasteiger partial charge in [-0.2, -0.15) is 8.78 Å². The van der Waals surface area contributed by atoms with Gasteiger partial charge in [0.05, 0.1) is 0 Å². The molecular weight excluding hydrogens is 432 g/mol. The fraction of sp³-hybridized carbons (Fsp3) is 0.407. The molecule has 1 saturated carbocycles. The minimum absolute atomic E-state index is 0.263. The third-order valence-corrected chi connectivity index (χ3v) is 6.67. The highest BCUT2D eigenvalue weighted by Crippen LogP contribution is 2.37. The summed E-state index contributed by atoms with van der Waals surface area (Å²) >= 11 is 0. The molecule has 3 aromatic rings. The van der Waals surface area contributed by atoms with Crippen LogP contribution in [0.25, 0.3) is 10.8 Å². The predicted molar refractivity (Wildman–Crippen MR) is 121 cm³/mol. The molecule has 0 amide bonds. The SMILES string of the molecule is COCC1CCC(c2ccc3c(F)c(CCc4ccc(OC(F)F)c(F)c4)ccc3c2)CC1. The Morgan fingerprint density at radius 1 is 0.909 bits per heavy atom. The van der Waals surface area contributed by atoms with Gasteiger partial charge < -0.3 is 9.47 Å². The number of rotatable bonds is 8. The van der Waals surface area contributed by atoms with Crippen molar-refractivity contribution in [3.05, 3.63) is 76.9 Å². The van der Waals surface area contributed by atoms with Gasteiger partial charge in [-0.3, -0.25) is 0 Å². The first-order valence-corrected chi connectivity index (χ1v) is 11.4. The standard InChI is InChI=1S/C27H28F4O2/c1-32-16-18-3-6-19(7-4-18)21-11-12-23-22(15-21)10-9-20(26(23)29)8-2-17-5-13-25(24(28)14-17)33-27(30)31/h5,9-15,18-19,27H,2-4,6-8,16H2,1H3. The molecule has 4 rings (SSSR count). The third kappa shape index (κ3) is 5.67. The lowest BCUT2D eigenvalue weighted by atomic mass is 9.78. The molecule has 0 aromatic heterocycles. The summed E-state index contributed by atoms with van der Waals surface area (Å²) in [5, 5.41) is 1.46. The van der Waals surface area contributed by atoms with Gasteiger partial charge in [0.2, 0.25) is 0 Å². The van der Waals surface area contributed by atoms with Gasteiger partial charge in [0.1, 0.15) is 5.82 Å². The first kappa shape index (κ1) is 23.6. The third-order valence-electron chi connectivity index (χ3n) is 6.67. The summed E-state index contributed by atoms with van der Waals surface area (Å²) in [7, 11) is 1.75. The molecule has 0 radical (unpaired) electrons. The van der Waals surface area contributed by atoms with E-state index in [-0.39, 0.29) is 5.82 Å². The Kier molecular flexibility index (Phi) is 7.53. The van der Waals surface area contributed by atoms with Crippen LogP contribution in [0.3, 0.4) is 0 Å². The molecule has 33 heavy (non-hydrogen) atoms. The van der Waals surface area contributed by atoms with E-state index in [1.807, 2.05) is 18.2 Å². The fourth-order valence-electron chi connectivity index (χ4n) is 4.87. The second-order valence-electron chi connectivity index (χ2n) is 8.84. The zero-order valence-electron chi connectivity index (χ0n) is 18.6. The fourth-order valence-corrected chi connectivity index (χ4v) is 4.87. The average molecular weight is 461 g/mol. The van der Waals surface area contributed by atoms with E-state index in [1.54, 1.807) is 13.2 Å². The van der Waals surface area contributed by atoms with Crippen LogP contribution in [0.5, 0.6) is 5.75 Å². The van der Waals surface area contributed by atoms with Crippen molar-refractivity contribution in [2.24, 2.45) is 5.92 Å². The molecule has 0 N–H and O–H groups in total. The topological polar surface area (TPSA) is 18.5 Å². The van der Waals surface area contributed by atoms with Crippen molar-refractivity contribution in [3.8, 4) is 5.75 Å². The number of methoxy groups -OCH3 is 1. The molecule has 0 spiro atoms. The van der Waals surface area contributed by atoms with E-state index in [0.717, 1.165) is 43.7 Å². The van der Waals surface area contributed by atoms with Gasteiger partial charge in [-0.05, 0) is 84.6 Å². The van der Waals surface area contributed by atoms with Crippen molar-refractivity contribution in [2.75, 3.05) is 13.7 Å². The Hall–Kier alpha value is -2.60. The van der Waals surface area contributed by atoms with E-state index in [2.05, 4.69) is 10.8 Å². The van der Waals surface area contributed by atoms with E-state index < -0.39 is 18.2 Å². The van der Waals surface area contributed by atoms with Crippen LogP contribution in [0.4, 0.5) is 17.6 Å². The second kappa shape index (κ2) is 10.6. The van der Waals surface area contributed by atoms with E-state index in [9.17, 15) is 13.2 Å². The number of halogens is 4. The van der Waals surface area contributed by atoms with Crippen LogP contribution in [-0.4, -0.2) is 20.3 Å². The lowest BCUT2D eigenvalue weighted by Crippen LogP contribution is -2.17. The summed E-state index contributed by atoms with van der Waals surface area (Å²) < 4.78 is 63.1. The highest BCUT2D eigenvalue weighted by atomic mass is 19.3. The zero-order valence-corrected chi connectivity index (χ0v) is 18.6. The maximum atomic E-state index is 15.2. The summed E-state index contributed by atoms with van der Waals surface area (Å²) in [4.78, 5) is 0. The second-order valence-corrected chi connectivity index (χ2v) is 8.84. The van der Waals surface area contributed by atoms with Gasteiger partial charge in [-0.15, -0.1) is 0 Å². The molecule has 6 heteroatoms. The van der Waals surface area contributed by atoms with Crippen molar-refractivity contribution in [1.82, 2.24) is 0 Å². The van der Waals surface area contributed by atoms with E-state index >= 15 is 4.39 Å². The minimum atomic E-state index is -3.08. The average Bonchev–Trinajstić information content (AvgIpc) is 2.80. The maximum Gasteiger partial charge on any atom is 0.387 e. The number of ether oxygens (including phenoxy) is 2. The van der Waals surface area contributed by atoms with Gasteiger partial charge in [0, 0.05) is 19.1 Å². The largest absolute Gasteiger partial charge is 0.432 e. The van der Waals surface area contributed by atoms with Crippen LogP contribution in [-0.2, 0) is 17.6 Å². The Bertz CT molecular complexity index is 1090.